The Kier molecular flexibility index (Phi) is 3.61. The number of piperazine rings is 1. The first kappa shape index (κ1) is 12.6. The van der Waals surface area contributed by atoms with Crippen molar-refractivity contribution < 1.29 is 14.7 Å². The average Bonchev–Trinajstić information content (AvgIpc) is 2.76. The Hall–Kier alpha value is -1.89. The minimum atomic E-state index is -0.975. The third-order valence-corrected chi connectivity index (χ3v) is 2.97. The summed E-state index contributed by atoms with van der Waals surface area (Å²) in [5.41, 5.74) is 0.445. The van der Waals surface area contributed by atoms with E-state index in [1.165, 1.54) is 17.1 Å². The number of hydrogen-bond acceptors (Lipinski definition) is 4. The Morgan fingerprint density at radius 2 is 2.00 bits per heavy atom. The molecule has 0 unspecified atom stereocenters. The second kappa shape index (κ2) is 5.18. The summed E-state index contributed by atoms with van der Waals surface area (Å²) in [6, 6.07) is 0. The molecule has 0 aromatic carbocycles. The number of carboxylic acids is 1. The number of hydrogen-bond donors (Lipinski definition) is 1. The molecule has 0 spiro atoms. The van der Waals surface area contributed by atoms with Gasteiger partial charge in [0.1, 0.15) is 6.54 Å². The fourth-order valence-corrected chi connectivity index (χ4v) is 1.89. The van der Waals surface area contributed by atoms with Crippen molar-refractivity contribution in [2.45, 2.75) is 6.54 Å². The molecule has 1 aromatic heterocycles. The van der Waals surface area contributed by atoms with E-state index in [2.05, 4.69) is 10.00 Å². The zero-order valence-corrected chi connectivity index (χ0v) is 10.2. The van der Waals surface area contributed by atoms with Gasteiger partial charge < -0.3 is 14.9 Å². The van der Waals surface area contributed by atoms with E-state index in [1.54, 1.807) is 4.90 Å². The van der Waals surface area contributed by atoms with Gasteiger partial charge in [0.25, 0.3) is 5.91 Å². The highest BCUT2D eigenvalue weighted by molar-refractivity contribution is 5.93. The molecular weight excluding hydrogens is 236 g/mol. The minimum Gasteiger partial charge on any atom is -0.480 e. The number of rotatable bonds is 3. The molecule has 0 bridgehead atoms. The molecule has 0 aliphatic carbocycles. The second-order valence-corrected chi connectivity index (χ2v) is 4.42. The summed E-state index contributed by atoms with van der Waals surface area (Å²) in [4.78, 5) is 26.6. The van der Waals surface area contributed by atoms with Crippen LogP contribution in [0.5, 0.6) is 0 Å². The van der Waals surface area contributed by atoms with Crippen LogP contribution in [0.3, 0.4) is 0 Å². The third-order valence-electron chi connectivity index (χ3n) is 2.97. The fourth-order valence-electron chi connectivity index (χ4n) is 1.89. The lowest BCUT2D eigenvalue weighted by Crippen LogP contribution is -2.47. The van der Waals surface area contributed by atoms with Crippen molar-refractivity contribution in [3.63, 3.8) is 0 Å². The first-order valence-electron chi connectivity index (χ1n) is 5.78. The van der Waals surface area contributed by atoms with Gasteiger partial charge in [0.05, 0.1) is 11.8 Å². The van der Waals surface area contributed by atoms with Gasteiger partial charge in [-0.25, -0.2) is 0 Å². The molecular formula is C11H16N4O3. The molecule has 7 heteroatoms. The van der Waals surface area contributed by atoms with Crippen LogP contribution in [0.1, 0.15) is 10.4 Å². The van der Waals surface area contributed by atoms with E-state index >= 15 is 0 Å². The van der Waals surface area contributed by atoms with E-state index in [-0.39, 0.29) is 12.5 Å². The Labute approximate surface area is 105 Å². The molecule has 0 atom stereocenters. The van der Waals surface area contributed by atoms with Crippen LogP contribution in [0.2, 0.25) is 0 Å². The predicted molar refractivity (Wildman–Crippen MR) is 63.3 cm³/mol. The summed E-state index contributed by atoms with van der Waals surface area (Å²) in [7, 11) is 2.02. The van der Waals surface area contributed by atoms with Crippen molar-refractivity contribution >= 4 is 11.9 Å². The van der Waals surface area contributed by atoms with Crippen molar-refractivity contribution in [1.82, 2.24) is 19.6 Å². The molecule has 1 saturated heterocycles. The van der Waals surface area contributed by atoms with E-state index < -0.39 is 5.97 Å². The van der Waals surface area contributed by atoms with Crippen LogP contribution in [0, 0.1) is 0 Å². The molecule has 2 heterocycles. The highest BCUT2D eigenvalue weighted by atomic mass is 16.4. The van der Waals surface area contributed by atoms with Crippen LogP contribution in [-0.4, -0.2) is 69.8 Å². The van der Waals surface area contributed by atoms with Crippen molar-refractivity contribution in [3.05, 3.63) is 18.0 Å². The van der Waals surface area contributed by atoms with Crippen molar-refractivity contribution in [2.75, 3.05) is 33.2 Å². The van der Waals surface area contributed by atoms with Crippen LogP contribution in [0.25, 0.3) is 0 Å². The van der Waals surface area contributed by atoms with Gasteiger partial charge in [-0.1, -0.05) is 0 Å². The summed E-state index contributed by atoms with van der Waals surface area (Å²) in [5, 5.41) is 12.5. The summed E-state index contributed by atoms with van der Waals surface area (Å²) in [6.45, 7) is 2.87. The standard InChI is InChI=1S/C11H16N4O3/c1-13-2-4-14(5-3-13)11(18)9-6-12-15(7-9)8-10(16)17/h6-7H,2-5,8H2,1H3,(H,16,17). The maximum atomic E-state index is 12.1. The number of aliphatic carboxylic acids is 1. The highest BCUT2D eigenvalue weighted by Gasteiger charge is 2.21. The van der Waals surface area contributed by atoms with Gasteiger partial charge in [0.15, 0.2) is 0 Å². The molecule has 1 aromatic rings. The van der Waals surface area contributed by atoms with Gasteiger partial charge in [0.2, 0.25) is 0 Å². The minimum absolute atomic E-state index is 0.0836. The van der Waals surface area contributed by atoms with Gasteiger partial charge in [-0.15, -0.1) is 0 Å². The Balaban J connectivity index is 2.00. The number of carbonyl (C=O) groups is 2. The first-order chi connectivity index (χ1) is 8.56. The quantitative estimate of drug-likeness (QED) is 0.773. The summed E-state index contributed by atoms with van der Waals surface area (Å²) in [5.74, 6) is -1.06. The predicted octanol–water partition coefficient (Wildman–Crippen LogP) is -0.645. The van der Waals surface area contributed by atoms with E-state index in [1.807, 2.05) is 7.05 Å². The molecule has 0 radical (unpaired) electrons. The molecule has 2 rings (SSSR count). The van der Waals surface area contributed by atoms with E-state index in [9.17, 15) is 9.59 Å². The molecule has 1 aliphatic heterocycles. The molecule has 1 N–H and O–H groups in total. The number of amides is 1. The average molecular weight is 252 g/mol. The monoisotopic (exact) mass is 252 g/mol. The number of aromatic nitrogens is 2. The van der Waals surface area contributed by atoms with Crippen LogP contribution in [-0.2, 0) is 11.3 Å². The van der Waals surface area contributed by atoms with E-state index in [4.69, 9.17) is 5.11 Å². The van der Waals surface area contributed by atoms with Crippen LogP contribution < -0.4 is 0 Å². The Bertz CT molecular complexity index is 449. The van der Waals surface area contributed by atoms with Crippen molar-refractivity contribution in [1.29, 1.82) is 0 Å². The summed E-state index contributed by atoms with van der Waals surface area (Å²) in [6.07, 6.45) is 2.90. The zero-order valence-electron chi connectivity index (χ0n) is 10.2. The maximum Gasteiger partial charge on any atom is 0.325 e. The maximum absolute atomic E-state index is 12.1. The fraction of sp³-hybridized carbons (Fsp3) is 0.545. The van der Waals surface area contributed by atoms with Crippen LogP contribution >= 0.6 is 0 Å². The Morgan fingerprint density at radius 1 is 1.33 bits per heavy atom. The van der Waals surface area contributed by atoms with Gasteiger partial charge in [-0.3, -0.25) is 14.3 Å². The molecule has 18 heavy (non-hydrogen) atoms. The van der Waals surface area contributed by atoms with E-state index in [0.29, 0.717) is 18.7 Å². The van der Waals surface area contributed by atoms with Crippen LogP contribution in [0.4, 0.5) is 0 Å². The lowest BCUT2D eigenvalue weighted by Gasteiger charge is -2.32. The smallest absolute Gasteiger partial charge is 0.325 e. The molecule has 1 amide bonds. The molecule has 7 nitrogen and oxygen atoms in total. The van der Waals surface area contributed by atoms with Gasteiger partial charge in [0, 0.05) is 32.4 Å². The van der Waals surface area contributed by atoms with Gasteiger partial charge in [-0.05, 0) is 7.05 Å². The summed E-state index contributed by atoms with van der Waals surface area (Å²) < 4.78 is 1.26. The largest absolute Gasteiger partial charge is 0.480 e. The van der Waals surface area contributed by atoms with E-state index in [0.717, 1.165) is 13.1 Å². The first-order valence-corrected chi connectivity index (χ1v) is 5.78. The lowest BCUT2D eigenvalue weighted by molar-refractivity contribution is -0.137. The third kappa shape index (κ3) is 2.86. The zero-order chi connectivity index (χ0) is 13.1. The molecule has 0 saturated carbocycles. The number of likely N-dealkylation sites (N-methyl/N-ethyl adjacent to an activating group) is 1. The number of nitrogens with zero attached hydrogens (tertiary/aromatic N) is 4. The molecule has 98 valence electrons. The van der Waals surface area contributed by atoms with Crippen LogP contribution in [0.15, 0.2) is 12.4 Å². The highest BCUT2D eigenvalue weighted by Crippen LogP contribution is 2.07. The number of carbonyl (C=O) groups excluding carboxylic acids is 1. The van der Waals surface area contributed by atoms with Crippen molar-refractivity contribution in [3.8, 4) is 0 Å². The normalized spacial score (nSPS) is 16.8. The van der Waals surface area contributed by atoms with Crippen molar-refractivity contribution in [2.24, 2.45) is 0 Å². The molecule has 1 fully saturated rings. The van der Waals surface area contributed by atoms with Gasteiger partial charge >= 0.3 is 5.97 Å². The Morgan fingerprint density at radius 3 is 2.61 bits per heavy atom. The van der Waals surface area contributed by atoms with Gasteiger partial charge in [-0.2, -0.15) is 5.10 Å². The topological polar surface area (TPSA) is 78.7 Å². The summed E-state index contributed by atoms with van der Waals surface area (Å²) >= 11 is 0. The number of carboxylic acid groups (broad SMARTS) is 1. The second-order valence-electron chi connectivity index (χ2n) is 4.42. The lowest BCUT2D eigenvalue weighted by atomic mass is 10.2. The SMILES string of the molecule is CN1CCN(C(=O)c2cnn(CC(=O)O)c2)CC1. The molecule has 1 aliphatic rings.